The number of primary amides is 1. The molecule has 0 aromatic carbocycles. The van der Waals surface area contributed by atoms with Crippen LogP contribution in [0.15, 0.2) is 0 Å². The van der Waals surface area contributed by atoms with Gasteiger partial charge in [0.25, 0.3) is 5.91 Å². The van der Waals surface area contributed by atoms with Gasteiger partial charge in [-0.3, -0.25) is 9.59 Å². The molecule has 1 saturated heterocycles. The fraction of sp³-hybridized carbons (Fsp3) is 0.647. The van der Waals surface area contributed by atoms with Gasteiger partial charge in [-0.15, -0.1) is 5.10 Å². The molecule has 1 unspecified atom stereocenters. The van der Waals surface area contributed by atoms with E-state index < -0.39 is 5.91 Å². The van der Waals surface area contributed by atoms with Gasteiger partial charge in [0, 0.05) is 32.1 Å². The van der Waals surface area contributed by atoms with Crippen LogP contribution < -0.4 is 10.6 Å². The lowest BCUT2D eigenvalue weighted by Gasteiger charge is -2.37. The molecule has 2 heterocycles. The van der Waals surface area contributed by atoms with Crippen LogP contribution in [0.3, 0.4) is 0 Å². The molecule has 24 heavy (non-hydrogen) atoms. The number of hydrogen-bond donors (Lipinski definition) is 1. The fourth-order valence-corrected chi connectivity index (χ4v) is 3.34. The highest BCUT2D eigenvalue weighted by Gasteiger charge is 2.36. The Labute approximate surface area is 142 Å². The summed E-state index contributed by atoms with van der Waals surface area (Å²) >= 11 is 0. The first-order chi connectivity index (χ1) is 11.4. The Morgan fingerprint density at radius 2 is 1.75 bits per heavy atom. The summed E-state index contributed by atoms with van der Waals surface area (Å²) in [6, 6.07) is 0. The predicted molar refractivity (Wildman–Crippen MR) is 90.7 cm³/mol. The first-order valence-electron chi connectivity index (χ1n) is 8.57. The first kappa shape index (κ1) is 16.7. The molecule has 2 fully saturated rings. The van der Waals surface area contributed by atoms with Crippen LogP contribution in [0, 0.1) is 25.7 Å². The zero-order chi connectivity index (χ0) is 17.4. The van der Waals surface area contributed by atoms with E-state index in [9.17, 15) is 9.59 Å². The lowest BCUT2D eigenvalue weighted by Crippen LogP contribution is -2.51. The first-order valence-corrected chi connectivity index (χ1v) is 8.57. The molecule has 2 aliphatic rings. The molecule has 1 aliphatic carbocycles. The molecule has 0 bridgehead atoms. The van der Waals surface area contributed by atoms with Crippen molar-refractivity contribution in [1.82, 2.24) is 15.1 Å². The van der Waals surface area contributed by atoms with Gasteiger partial charge in [-0.25, -0.2) is 0 Å². The van der Waals surface area contributed by atoms with E-state index in [4.69, 9.17) is 5.73 Å². The zero-order valence-electron chi connectivity index (χ0n) is 14.6. The van der Waals surface area contributed by atoms with Crippen LogP contribution in [-0.4, -0.2) is 53.1 Å². The minimum atomic E-state index is -0.485. The standard InChI is InChI=1S/C17H25N5O2/c1-10-12(3)19-20-16(14(10)15(18)23)21-6-8-22(9-7-21)17(24)11(2)13-4-5-13/h11,13H,4-9H2,1-3H3,(H2,18,23). The van der Waals surface area contributed by atoms with E-state index in [0.717, 1.165) is 5.56 Å². The van der Waals surface area contributed by atoms with Crippen molar-refractivity contribution in [2.45, 2.75) is 33.6 Å². The van der Waals surface area contributed by atoms with E-state index in [1.165, 1.54) is 12.8 Å². The molecule has 130 valence electrons. The third-order valence-corrected chi connectivity index (χ3v) is 5.29. The van der Waals surface area contributed by atoms with Crippen LogP contribution in [0.1, 0.15) is 41.4 Å². The van der Waals surface area contributed by atoms with Gasteiger partial charge in [0.2, 0.25) is 5.91 Å². The molecular formula is C17H25N5O2. The number of aromatic nitrogens is 2. The summed E-state index contributed by atoms with van der Waals surface area (Å²) in [6.45, 7) is 8.25. The molecule has 1 saturated carbocycles. The average Bonchev–Trinajstić information content (AvgIpc) is 3.40. The van der Waals surface area contributed by atoms with Crippen LogP contribution in [0.2, 0.25) is 0 Å². The van der Waals surface area contributed by atoms with E-state index in [1.807, 2.05) is 30.6 Å². The van der Waals surface area contributed by atoms with E-state index >= 15 is 0 Å². The van der Waals surface area contributed by atoms with E-state index in [-0.39, 0.29) is 11.8 Å². The Balaban J connectivity index is 1.72. The minimum absolute atomic E-state index is 0.124. The van der Waals surface area contributed by atoms with Crippen molar-refractivity contribution in [2.75, 3.05) is 31.1 Å². The van der Waals surface area contributed by atoms with Gasteiger partial charge < -0.3 is 15.5 Å². The van der Waals surface area contributed by atoms with Gasteiger partial charge in [-0.2, -0.15) is 5.10 Å². The molecule has 7 heteroatoms. The molecule has 2 amide bonds. The van der Waals surface area contributed by atoms with Gasteiger partial charge in [-0.05, 0) is 38.2 Å². The Hall–Kier alpha value is -2.18. The molecule has 1 atom stereocenters. The SMILES string of the molecule is Cc1nnc(N2CCN(C(=O)C(C)C3CC3)CC2)c(C(N)=O)c1C. The smallest absolute Gasteiger partial charge is 0.252 e. The number of hydrogen-bond acceptors (Lipinski definition) is 5. The van der Waals surface area contributed by atoms with Crippen LogP contribution in [-0.2, 0) is 4.79 Å². The molecule has 1 aromatic rings. The van der Waals surface area contributed by atoms with E-state index in [1.54, 1.807) is 0 Å². The van der Waals surface area contributed by atoms with Crippen molar-refractivity contribution in [3.63, 3.8) is 0 Å². The molecule has 1 aliphatic heterocycles. The van der Waals surface area contributed by atoms with Gasteiger partial charge in [0.05, 0.1) is 11.3 Å². The number of aryl methyl sites for hydroxylation is 1. The van der Waals surface area contributed by atoms with E-state index in [0.29, 0.717) is 49.2 Å². The maximum atomic E-state index is 12.5. The normalized spacial score (nSPS) is 19.3. The van der Waals surface area contributed by atoms with Crippen LogP contribution in [0.25, 0.3) is 0 Å². The van der Waals surface area contributed by atoms with Gasteiger partial charge in [-0.1, -0.05) is 6.92 Å². The number of nitrogens with zero attached hydrogens (tertiary/aromatic N) is 4. The lowest BCUT2D eigenvalue weighted by atomic mass is 10.0. The highest BCUT2D eigenvalue weighted by Crippen LogP contribution is 2.37. The summed E-state index contributed by atoms with van der Waals surface area (Å²) in [5.41, 5.74) is 7.47. The van der Waals surface area contributed by atoms with E-state index in [2.05, 4.69) is 10.2 Å². The Bertz CT molecular complexity index is 663. The molecule has 1 aromatic heterocycles. The minimum Gasteiger partial charge on any atom is -0.365 e. The number of carbonyl (C=O) groups excluding carboxylic acids is 2. The zero-order valence-corrected chi connectivity index (χ0v) is 14.6. The van der Waals surface area contributed by atoms with Crippen molar-refractivity contribution >= 4 is 17.6 Å². The summed E-state index contributed by atoms with van der Waals surface area (Å²) in [5.74, 6) is 0.995. The van der Waals surface area contributed by atoms with Crippen molar-refractivity contribution in [3.05, 3.63) is 16.8 Å². The maximum Gasteiger partial charge on any atom is 0.252 e. The molecular weight excluding hydrogens is 306 g/mol. The average molecular weight is 331 g/mol. The molecule has 0 spiro atoms. The fourth-order valence-electron chi connectivity index (χ4n) is 3.34. The summed E-state index contributed by atoms with van der Waals surface area (Å²) in [5, 5.41) is 8.33. The number of nitrogens with two attached hydrogens (primary N) is 1. The maximum absolute atomic E-state index is 12.5. The second kappa shape index (κ2) is 6.37. The molecule has 2 N–H and O–H groups in total. The molecule has 3 rings (SSSR count). The quantitative estimate of drug-likeness (QED) is 0.884. The monoisotopic (exact) mass is 331 g/mol. The summed E-state index contributed by atoms with van der Waals surface area (Å²) in [7, 11) is 0. The third-order valence-electron chi connectivity index (χ3n) is 5.29. The predicted octanol–water partition coefficient (Wildman–Crippen LogP) is 0.887. The number of anilines is 1. The summed E-state index contributed by atoms with van der Waals surface area (Å²) in [4.78, 5) is 28.3. The molecule has 0 radical (unpaired) electrons. The summed E-state index contributed by atoms with van der Waals surface area (Å²) < 4.78 is 0. The Morgan fingerprint density at radius 3 is 2.29 bits per heavy atom. The van der Waals surface area contributed by atoms with Crippen LogP contribution in [0.5, 0.6) is 0 Å². The van der Waals surface area contributed by atoms with Gasteiger partial charge in [0.15, 0.2) is 5.82 Å². The largest absolute Gasteiger partial charge is 0.365 e. The topological polar surface area (TPSA) is 92.4 Å². The highest BCUT2D eigenvalue weighted by atomic mass is 16.2. The summed E-state index contributed by atoms with van der Waals surface area (Å²) in [6.07, 6.45) is 2.35. The van der Waals surface area contributed by atoms with Crippen molar-refractivity contribution in [2.24, 2.45) is 17.6 Å². The number of carbonyl (C=O) groups is 2. The number of amides is 2. The van der Waals surface area contributed by atoms with Crippen molar-refractivity contribution < 1.29 is 9.59 Å². The highest BCUT2D eigenvalue weighted by molar-refractivity contribution is 5.99. The number of piperazine rings is 1. The van der Waals surface area contributed by atoms with Crippen molar-refractivity contribution in [3.8, 4) is 0 Å². The molecule has 7 nitrogen and oxygen atoms in total. The second-order valence-electron chi connectivity index (χ2n) is 6.91. The number of rotatable bonds is 4. The second-order valence-corrected chi connectivity index (χ2v) is 6.91. The Morgan fingerprint density at radius 1 is 1.12 bits per heavy atom. The lowest BCUT2D eigenvalue weighted by molar-refractivity contribution is -0.135. The van der Waals surface area contributed by atoms with Gasteiger partial charge in [0.1, 0.15) is 0 Å². The Kier molecular flexibility index (Phi) is 4.43. The van der Waals surface area contributed by atoms with Crippen LogP contribution >= 0.6 is 0 Å². The van der Waals surface area contributed by atoms with Crippen molar-refractivity contribution in [1.29, 1.82) is 0 Å². The van der Waals surface area contributed by atoms with Gasteiger partial charge >= 0.3 is 0 Å². The third kappa shape index (κ3) is 3.07. The van der Waals surface area contributed by atoms with Crippen LogP contribution in [0.4, 0.5) is 5.82 Å².